The quantitative estimate of drug-likeness (QED) is 0.816. The maximum absolute atomic E-state index is 13.8. The lowest BCUT2D eigenvalue weighted by atomic mass is 10.0. The molecule has 0 radical (unpaired) electrons. The van der Waals surface area contributed by atoms with Crippen molar-refractivity contribution in [1.82, 2.24) is 15.1 Å². The molecule has 1 N–H and O–H groups in total. The minimum atomic E-state index is -0.712. The van der Waals surface area contributed by atoms with Crippen LogP contribution in [-0.4, -0.2) is 47.2 Å². The first-order valence-corrected chi connectivity index (χ1v) is 9.64. The van der Waals surface area contributed by atoms with E-state index >= 15 is 0 Å². The van der Waals surface area contributed by atoms with E-state index in [9.17, 15) is 18.8 Å². The number of hydrogen-bond donors (Lipinski definition) is 1. The molecule has 1 aliphatic carbocycles. The van der Waals surface area contributed by atoms with Crippen LogP contribution >= 0.6 is 0 Å². The minimum Gasteiger partial charge on any atom is -0.345 e. The van der Waals surface area contributed by atoms with Crippen LogP contribution in [0, 0.1) is 5.82 Å². The van der Waals surface area contributed by atoms with Crippen LogP contribution in [0.5, 0.6) is 0 Å². The van der Waals surface area contributed by atoms with E-state index in [1.807, 2.05) is 0 Å². The third-order valence-corrected chi connectivity index (χ3v) is 5.39. The second kappa shape index (κ2) is 7.66. The topological polar surface area (TPSA) is 69.7 Å². The van der Waals surface area contributed by atoms with E-state index in [4.69, 9.17) is 0 Å². The molecule has 0 bridgehead atoms. The number of rotatable bonds is 6. The molecule has 7 heteroatoms. The van der Waals surface area contributed by atoms with Crippen LogP contribution in [0.25, 0.3) is 0 Å². The number of nitrogens with one attached hydrogen (secondary N) is 1. The lowest BCUT2D eigenvalue weighted by Crippen LogP contribution is -2.44. The first-order chi connectivity index (χ1) is 14.0. The van der Waals surface area contributed by atoms with Crippen molar-refractivity contribution >= 4 is 17.7 Å². The van der Waals surface area contributed by atoms with E-state index in [0.29, 0.717) is 16.7 Å². The zero-order valence-corrected chi connectivity index (χ0v) is 16.1. The summed E-state index contributed by atoms with van der Waals surface area (Å²) in [5.41, 5.74) is 1.63. The average molecular weight is 395 g/mol. The van der Waals surface area contributed by atoms with Crippen molar-refractivity contribution in [2.24, 2.45) is 0 Å². The van der Waals surface area contributed by atoms with Crippen LogP contribution in [0.1, 0.15) is 40.4 Å². The van der Waals surface area contributed by atoms with Crippen LogP contribution in [0.3, 0.4) is 0 Å². The molecule has 6 nitrogen and oxygen atoms in total. The molecule has 1 fully saturated rings. The highest BCUT2D eigenvalue weighted by Gasteiger charge is 2.47. The third kappa shape index (κ3) is 3.72. The standard InChI is InChI=1S/C22H22FN3O3/c1-25(13-14-6-2-5-9-18(14)23)19(27)12-24-21(28)20-16-7-3-4-8-17(16)22(29)26(20)15-10-11-15/h2-9,15,20H,10-13H2,1H3,(H,24,28). The van der Waals surface area contributed by atoms with E-state index in [2.05, 4.69) is 5.32 Å². The molecule has 1 saturated carbocycles. The lowest BCUT2D eigenvalue weighted by molar-refractivity contribution is -0.133. The summed E-state index contributed by atoms with van der Waals surface area (Å²) in [5, 5.41) is 2.66. The number of likely N-dealkylation sites (N-methyl/N-ethyl adjacent to an activating group) is 1. The van der Waals surface area contributed by atoms with Crippen LogP contribution in [0.2, 0.25) is 0 Å². The van der Waals surface area contributed by atoms with Crippen molar-refractivity contribution in [2.75, 3.05) is 13.6 Å². The number of carbonyl (C=O) groups excluding carboxylic acids is 3. The van der Waals surface area contributed by atoms with Crippen LogP contribution < -0.4 is 5.32 Å². The van der Waals surface area contributed by atoms with E-state index in [1.54, 1.807) is 54.4 Å². The van der Waals surface area contributed by atoms with Gasteiger partial charge in [-0.25, -0.2) is 4.39 Å². The second-order valence-electron chi connectivity index (χ2n) is 7.49. The highest BCUT2D eigenvalue weighted by Crippen LogP contribution is 2.41. The first kappa shape index (κ1) is 19.1. The van der Waals surface area contributed by atoms with E-state index < -0.39 is 6.04 Å². The molecule has 1 atom stereocenters. The van der Waals surface area contributed by atoms with Gasteiger partial charge in [0.1, 0.15) is 11.9 Å². The van der Waals surface area contributed by atoms with Crippen LogP contribution in [0.15, 0.2) is 48.5 Å². The summed E-state index contributed by atoms with van der Waals surface area (Å²) in [7, 11) is 1.56. The lowest BCUT2D eigenvalue weighted by Gasteiger charge is -2.25. The van der Waals surface area contributed by atoms with Gasteiger partial charge in [-0.2, -0.15) is 0 Å². The summed E-state index contributed by atoms with van der Waals surface area (Å²) >= 11 is 0. The average Bonchev–Trinajstić information content (AvgIpc) is 3.51. The predicted octanol–water partition coefficient (Wildman–Crippen LogP) is 2.26. The second-order valence-corrected chi connectivity index (χ2v) is 7.49. The van der Waals surface area contributed by atoms with Gasteiger partial charge in [-0.3, -0.25) is 14.4 Å². The summed E-state index contributed by atoms with van der Waals surface area (Å²) in [6.45, 7) is -0.102. The van der Waals surface area contributed by atoms with Gasteiger partial charge in [0.25, 0.3) is 5.91 Å². The first-order valence-electron chi connectivity index (χ1n) is 9.64. The Bertz CT molecular complexity index is 973. The number of nitrogens with zero attached hydrogens (tertiary/aromatic N) is 2. The van der Waals surface area contributed by atoms with Gasteiger partial charge in [-0.1, -0.05) is 36.4 Å². The SMILES string of the molecule is CN(Cc1ccccc1F)C(=O)CNC(=O)C1c2ccccc2C(=O)N1C1CC1. The molecule has 0 aromatic heterocycles. The Morgan fingerprint density at radius 3 is 2.55 bits per heavy atom. The minimum absolute atomic E-state index is 0.0741. The van der Waals surface area contributed by atoms with Crippen LogP contribution in [-0.2, 0) is 16.1 Å². The molecule has 0 spiro atoms. The molecule has 2 aliphatic rings. The number of benzene rings is 2. The molecule has 2 aromatic rings. The summed E-state index contributed by atoms with van der Waals surface area (Å²) < 4.78 is 13.8. The smallest absolute Gasteiger partial charge is 0.255 e. The molecule has 1 aliphatic heterocycles. The van der Waals surface area contributed by atoms with Gasteiger partial charge >= 0.3 is 0 Å². The molecular formula is C22H22FN3O3. The number of amides is 3. The Morgan fingerprint density at radius 2 is 1.83 bits per heavy atom. The number of carbonyl (C=O) groups is 3. The number of fused-ring (bicyclic) bond motifs is 1. The number of halogens is 1. The third-order valence-electron chi connectivity index (χ3n) is 5.39. The molecule has 2 aromatic carbocycles. The molecule has 29 heavy (non-hydrogen) atoms. The van der Waals surface area contributed by atoms with E-state index in [-0.39, 0.29) is 42.7 Å². The summed E-state index contributed by atoms with van der Waals surface area (Å²) in [4.78, 5) is 41.0. The summed E-state index contributed by atoms with van der Waals surface area (Å²) in [6, 6.07) is 12.7. The van der Waals surface area contributed by atoms with Crippen LogP contribution in [0.4, 0.5) is 4.39 Å². The van der Waals surface area contributed by atoms with Gasteiger partial charge in [0.2, 0.25) is 11.8 Å². The largest absolute Gasteiger partial charge is 0.345 e. The highest BCUT2D eigenvalue weighted by molar-refractivity contribution is 6.05. The Morgan fingerprint density at radius 1 is 1.14 bits per heavy atom. The summed E-state index contributed by atoms with van der Waals surface area (Å²) in [6.07, 6.45) is 1.77. The fraction of sp³-hybridized carbons (Fsp3) is 0.318. The predicted molar refractivity (Wildman–Crippen MR) is 104 cm³/mol. The van der Waals surface area contributed by atoms with E-state index in [1.165, 1.54) is 11.0 Å². The molecule has 4 rings (SSSR count). The van der Waals surface area contributed by atoms with Crippen molar-refractivity contribution in [3.8, 4) is 0 Å². The van der Waals surface area contributed by atoms with Gasteiger partial charge in [0, 0.05) is 30.8 Å². The normalized spacial score (nSPS) is 17.8. The highest BCUT2D eigenvalue weighted by atomic mass is 19.1. The Labute approximate surface area is 168 Å². The van der Waals surface area contributed by atoms with E-state index in [0.717, 1.165) is 12.8 Å². The van der Waals surface area contributed by atoms with Crippen molar-refractivity contribution in [1.29, 1.82) is 0 Å². The van der Waals surface area contributed by atoms with Crippen molar-refractivity contribution < 1.29 is 18.8 Å². The molecule has 3 amide bonds. The Kier molecular flexibility index (Phi) is 5.05. The maximum Gasteiger partial charge on any atom is 0.255 e. The molecule has 1 heterocycles. The van der Waals surface area contributed by atoms with Gasteiger partial charge in [-0.15, -0.1) is 0 Å². The Hall–Kier alpha value is -3.22. The molecule has 1 unspecified atom stereocenters. The molecule has 0 saturated heterocycles. The fourth-order valence-corrected chi connectivity index (χ4v) is 3.70. The van der Waals surface area contributed by atoms with Gasteiger partial charge in [-0.05, 0) is 30.5 Å². The maximum atomic E-state index is 13.8. The number of hydrogen-bond acceptors (Lipinski definition) is 3. The van der Waals surface area contributed by atoms with Crippen molar-refractivity contribution in [2.45, 2.75) is 31.5 Å². The van der Waals surface area contributed by atoms with Gasteiger partial charge in [0.05, 0.1) is 6.54 Å². The Balaban J connectivity index is 1.42. The summed E-state index contributed by atoms with van der Waals surface area (Å²) in [5.74, 6) is -1.22. The zero-order valence-electron chi connectivity index (χ0n) is 16.1. The monoisotopic (exact) mass is 395 g/mol. The van der Waals surface area contributed by atoms with Crippen molar-refractivity contribution in [3.63, 3.8) is 0 Å². The fourth-order valence-electron chi connectivity index (χ4n) is 3.70. The molecular weight excluding hydrogens is 373 g/mol. The van der Waals surface area contributed by atoms with Gasteiger partial charge in [0.15, 0.2) is 0 Å². The zero-order chi connectivity index (χ0) is 20.5. The van der Waals surface area contributed by atoms with Gasteiger partial charge < -0.3 is 15.1 Å². The molecule has 150 valence electrons. The van der Waals surface area contributed by atoms with Crippen molar-refractivity contribution in [3.05, 3.63) is 71.0 Å².